The Morgan fingerprint density at radius 3 is 2.35 bits per heavy atom. The standard InChI is InChI=1S/C16H26N2O2/c1-3-12(4-2)15(19)11-18-16(20)14(10-17)13-8-6-5-7-9-13/h5-9,12,14-15,19H,3-4,10-11,17H2,1-2H3,(H,18,20). The summed E-state index contributed by atoms with van der Waals surface area (Å²) in [6, 6.07) is 9.49. The number of carbonyl (C=O) groups excluding carboxylic acids is 1. The molecule has 0 aliphatic carbocycles. The van der Waals surface area contributed by atoms with Crippen LogP contribution in [0.25, 0.3) is 0 Å². The summed E-state index contributed by atoms with van der Waals surface area (Å²) in [4.78, 5) is 12.2. The van der Waals surface area contributed by atoms with Crippen LogP contribution in [-0.2, 0) is 4.79 Å². The minimum Gasteiger partial charge on any atom is -0.391 e. The number of hydrogen-bond acceptors (Lipinski definition) is 3. The van der Waals surface area contributed by atoms with Gasteiger partial charge < -0.3 is 16.2 Å². The van der Waals surface area contributed by atoms with E-state index in [1.54, 1.807) is 0 Å². The molecule has 0 saturated heterocycles. The molecule has 0 aliphatic rings. The normalized spacial score (nSPS) is 14.1. The van der Waals surface area contributed by atoms with Crippen molar-refractivity contribution in [2.24, 2.45) is 11.7 Å². The van der Waals surface area contributed by atoms with Crippen LogP contribution in [0.15, 0.2) is 30.3 Å². The highest BCUT2D eigenvalue weighted by Crippen LogP contribution is 2.15. The second-order valence-corrected chi connectivity index (χ2v) is 5.09. The molecule has 20 heavy (non-hydrogen) atoms. The Labute approximate surface area is 121 Å². The van der Waals surface area contributed by atoms with Crippen LogP contribution in [-0.4, -0.2) is 30.2 Å². The molecule has 0 aromatic heterocycles. The molecule has 0 radical (unpaired) electrons. The fourth-order valence-corrected chi connectivity index (χ4v) is 2.41. The molecule has 1 amide bonds. The molecule has 0 heterocycles. The number of rotatable bonds is 8. The third-order valence-electron chi connectivity index (χ3n) is 3.83. The molecule has 0 bridgehead atoms. The van der Waals surface area contributed by atoms with Gasteiger partial charge in [-0.05, 0) is 11.5 Å². The summed E-state index contributed by atoms with van der Waals surface area (Å²) < 4.78 is 0. The second-order valence-electron chi connectivity index (χ2n) is 5.09. The Balaban J connectivity index is 2.57. The molecule has 0 spiro atoms. The van der Waals surface area contributed by atoms with E-state index in [-0.39, 0.29) is 30.8 Å². The van der Waals surface area contributed by atoms with Crippen molar-refractivity contribution >= 4 is 5.91 Å². The van der Waals surface area contributed by atoms with Gasteiger partial charge in [0.15, 0.2) is 0 Å². The lowest BCUT2D eigenvalue weighted by atomic mass is 9.95. The first-order chi connectivity index (χ1) is 9.63. The molecule has 4 N–H and O–H groups in total. The fraction of sp³-hybridized carbons (Fsp3) is 0.562. The first-order valence-corrected chi connectivity index (χ1v) is 7.34. The van der Waals surface area contributed by atoms with Crippen molar-refractivity contribution in [3.63, 3.8) is 0 Å². The van der Waals surface area contributed by atoms with Crippen LogP contribution in [0, 0.1) is 5.92 Å². The van der Waals surface area contributed by atoms with Crippen LogP contribution >= 0.6 is 0 Å². The molecule has 2 atom stereocenters. The van der Waals surface area contributed by atoms with E-state index >= 15 is 0 Å². The maximum absolute atomic E-state index is 12.2. The molecule has 0 aliphatic heterocycles. The smallest absolute Gasteiger partial charge is 0.228 e. The molecule has 0 saturated carbocycles. The van der Waals surface area contributed by atoms with E-state index in [2.05, 4.69) is 5.32 Å². The van der Waals surface area contributed by atoms with Crippen LogP contribution in [0.3, 0.4) is 0 Å². The van der Waals surface area contributed by atoms with Gasteiger partial charge in [-0.15, -0.1) is 0 Å². The van der Waals surface area contributed by atoms with Crippen molar-refractivity contribution in [1.82, 2.24) is 5.32 Å². The van der Waals surface area contributed by atoms with Gasteiger partial charge in [0.05, 0.1) is 12.0 Å². The lowest BCUT2D eigenvalue weighted by Gasteiger charge is -2.22. The maximum Gasteiger partial charge on any atom is 0.228 e. The van der Waals surface area contributed by atoms with Crippen molar-refractivity contribution in [2.75, 3.05) is 13.1 Å². The summed E-state index contributed by atoms with van der Waals surface area (Å²) in [5, 5.41) is 12.8. The summed E-state index contributed by atoms with van der Waals surface area (Å²) in [6.07, 6.45) is 1.32. The van der Waals surface area contributed by atoms with Gasteiger partial charge in [-0.25, -0.2) is 0 Å². The van der Waals surface area contributed by atoms with Gasteiger partial charge in [0, 0.05) is 13.1 Å². The number of nitrogens with two attached hydrogens (primary N) is 1. The molecule has 4 nitrogen and oxygen atoms in total. The lowest BCUT2D eigenvalue weighted by molar-refractivity contribution is -0.123. The van der Waals surface area contributed by atoms with Crippen LogP contribution in [0.5, 0.6) is 0 Å². The number of benzene rings is 1. The number of carbonyl (C=O) groups is 1. The zero-order valence-corrected chi connectivity index (χ0v) is 12.4. The zero-order valence-electron chi connectivity index (χ0n) is 12.4. The lowest BCUT2D eigenvalue weighted by Crippen LogP contribution is -2.40. The number of nitrogens with one attached hydrogen (secondary N) is 1. The SMILES string of the molecule is CCC(CC)C(O)CNC(=O)C(CN)c1ccccc1. The summed E-state index contributed by atoms with van der Waals surface area (Å²) in [6.45, 7) is 4.64. The first-order valence-electron chi connectivity index (χ1n) is 7.34. The number of aliphatic hydroxyl groups is 1. The van der Waals surface area contributed by atoms with Gasteiger partial charge in [-0.1, -0.05) is 57.0 Å². The van der Waals surface area contributed by atoms with E-state index < -0.39 is 6.10 Å². The predicted octanol–water partition coefficient (Wildman–Crippen LogP) is 1.64. The van der Waals surface area contributed by atoms with Crippen molar-refractivity contribution in [2.45, 2.75) is 38.7 Å². The molecule has 4 heteroatoms. The van der Waals surface area contributed by atoms with E-state index in [4.69, 9.17) is 5.73 Å². The molecule has 1 aromatic carbocycles. The quantitative estimate of drug-likeness (QED) is 0.676. The summed E-state index contributed by atoms with van der Waals surface area (Å²) in [5.74, 6) is -0.253. The summed E-state index contributed by atoms with van der Waals surface area (Å²) in [5.41, 5.74) is 6.61. The Kier molecular flexibility index (Phi) is 7.26. The zero-order chi connectivity index (χ0) is 15.0. The van der Waals surface area contributed by atoms with E-state index in [0.29, 0.717) is 0 Å². The average molecular weight is 278 g/mol. The number of amides is 1. The fourth-order valence-electron chi connectivity index (χ4n) is 2.41. The Bertz CT molecular complexity index is 391. The van der Waals surface area contributed by atoms with Gasteiger partial charge in [-0.2, -0.15) is 0 Å². The van der Waals surface area contributed by atoms with Gasteiger partial charge in [0.1, 0.15) is 0 Å². The monoisotopic (exact) mass is 278 g/mol. The molecule has 0 fully saturated rings. The van der Waals surface area contributed by atoms with E-state index in [1.165, 1.54) is 0 Å². The highest BCUT2D eigenvalue weighted by Gasteiger charge is 2.21. The first kappa shape index (κ1) is 16.7. The van der Waals surface area contributed by atoms with Gasteiger partial charge >= 0.3 is 0 Å². The van der Waals surface area contributed by atoms with Crippen LogP contribution < -0.4 is 11.1 Å². The van der Waals surface area contributed by atoms with Gasteiger partial charge in [0.2, 0.25) is 5.91 Å². The highest BCUT2D eigenvalue weighted by atomic mass is 16.3. The topological polar surface area (TPSA) is 75.3 Å². The second kappa shape index (κ2) is 8.72. The van der Waals surface area contributed by atoms with Gasteiger partial charge in [-0.3, -0.25) is 4.79 Å². The molecular weight excluding hydrogens is 252 g/mol. The molecule has 2 unspecified atom stereocenters. The summed E-state index contributed by atoms with van der Waals surface area (Å²) >= 11 is 0. The Morgan fingerprint density at radius 1 is 1.25 bits per heavy atom. The third-order valence-corrected chi connectivity index (χ3v) is 3.83. The van der Waals surface area contributed by atoms with Crippen molar-refractivity contribution in [1.29, 1.82) is 0 Å². The minimum absolute atomic E-state index is 0.122. The van der Waals surface area contributed by atoms with Crippen molar-refractivity contribution in [3.05, 3.63) is 35.9 Å². The minimum atomic E-state index is -0.497. The highest BCUT2D eigenvalue weighted by molar-refractivity contribution is 5.83. The van der Waals surface area contributed by atoms with Crippen molar-refractivity contribution < 1.29 is 9.90 Å². The van der Waals surface area contributed by atoms with Crippen LogP contribution in [0.4, 0.5) is 0 Å². The number of hydrogen-bond donors (Lipinski definition) is 3. The molecule has 112 valence electrons. The Hall–Kier alpha value is -1.39. The molecule has 1 aromatic rings. The van der Waals surface area contributed by atoms with Crippen LogP contribution in [0.1, 0.15) is 38.2 Å². The van der Waals surface area contributed by atoms with E-state index in [9.17, 15) is 9.90 Å². The van der Waals surface area contributed by atoms with E-state index in [0.717, 1.165) is 18.4 Å². The largest absolute Gasteiger partial charge is 0.391 e. The number of aliphatic hydroxyl groups excluding tert-OH is 1. The maximum atomic E-state index is 12.2. The average Bonchev–Trinajstić information content (AvgIpc) is 2.48. The van der Waals surface area contributed by atoms with Gasteiger partial charge in [0.25, 0.3) is 0 Å². The van der Waals surface area contributed by atoms with E-state index in [1.807, 2.05) is 44.2 Å². The Morgan fingerprint density at radius 2 is 1.85 bits per heavy atom. The predicted molar refractivity (Wildman–Crippen MR) is 81.3 cm³/mol. The summed E-state index contributed by atoms with van der Waals surface area (Å²) in [7, 11) is 0. The molecule has 1 rings (SSSR count). The van der Waals surface area contributed by atoms with Crippen molar-refractivity contribution in [3.8, 4) is 0 Å². The van der Waals surface area contributed by atoms with Crippen LogP contribution in [0.2, 0.25) is 0 Å². The molecular formula is C16H26N2O2. The third kappa shape index (κ3) is 4.62.